The zero-order valence-corrected chi connectivity index (χ0v) is 24.9. The highest BCUT2D eigenvalue weighted by molar-refractivity contribution is 5.71. The zero-order chi connectivity index (χ0) is 27.6. The van der Waals surface area contributed by atoms with Crippen LogP contribution in [0.15, 0.2) is 24.3 Å². The largest absolute Gasteiger partial charge is 0.481 e. The Kier molecular flexibility index (Phi) is 23.6. The molecule has 0 aliphatic heterocycles. The molecule has 0 aliphatic rings. The summed E-state index contributed by atoms with van der Waals surface area (Å²) in [5.41, 5.74) is 0. The molecule has 0 bridgehead atoms. The number of likely N-dealkylation sites (N-methyl/N-ethyl adjacent to an activating group) is 1. The lowest BCUT2D eigenvalue weighted by atomic mass is 10.1. The van der Waals surface area contributed by atoms with Crippen molar-refractivity contribution in [2.45, 2.75) is 141 Å². The highest BCUT2D eigenvalue weighted by Crippen LogP contribution is 2.13. The summed E-state index contributed by atoms with van der Waals surface area (Å²) in [6.07, 6.45) is 31.5. The molecule has 0 spiro atoms. The molecular weight excluding hydrogens is 462 g/mol. The Labute approximate surface area is 229 Å². The standard InChI is InChI=1S/C32H59NO4/c1-5-6-7-8-9-10-11-12-13-14-15-16-17-18-19-20-21-22-23-24-25-26-27-32(36)37-30(28-31(34)35)29-33(2,3)4/h14-15,17-18,30H,5-13,16,19-29H2,1-4H3/p+1/b15-14+,18-17+. The van der Waals surface area contributed by atoms with E-state index < -0.39 is 12.1 Å². The molecule has 0 heterocycles. The van der Waals surface area contributed by atoms with E-state index >= 15 is 0 Å². The molecule has 0 saturated carbocycles. The summed E-state index contributed by atoms with van der Waals surface area (Å²) in [5.74, 6) is -1.20. The summed E-state index contributed by atoms with van der Waals surface area (Å²) in [4.78, 5) is 23.1. The minimum absolute atomic E-state index is 0.132. The van der Waals surface area contributed by atoms with Gasteiger partial charge in [-0.15, -0.1) is 0 Å². The maximum Gasteiger partial charge on any atom is 0.307 e. The first-order chi connectivity index (χ1) is 17.7. The van der Waals surface area contributed by atoms with E-state index in [1.54, 1.807) is 0 Å². The Morgan fingerprint density at radius 3 is 1.62 bits per heavy atom. The number of hydrogen-bond donors (Lipinski definition) is 1. The molecule has 5 nitrogen and oxygen atoms in total. The van der Waals surface area contributed by atoms with E-state index in [2.05, 4.69) is 31.2 Å². The van der Waals surface area contributed by atoms with Crippen molar-refractivity contribution < 1.29 is 23.9 Å². The van der Waals surface area contributed by atoms with Gasteiger partial charge < -0.3 is 14.3 Å². The van der Waals surface area contributed by atoms with E-state index in [9.17, 15) is 9.59 Å². The maximum absolute atomic E-state index is 12.1. The van der Waals surface area contributed by atoms with Gasteiger partial charge in [0.15, 0.2) is 6.10 Å². The second-order valence-electron chi connectivity index (χ2n) is 11.6. The third-order valence-corrected chi connectivity index (χ3v) is 6.53. The highest BCUT2D eigenvalue weighted by atomic mass is 16.5. The number of rotatable bonds is 26. The number of carbonyl (C=O) groups is 2. The first kappa shape index (κ1) is 35.4. The molecule has 1 unspecified atom stereocenters. The van der Waals surface area contributed by atoms with Gasteiger partial charge in [0, 0.05) is 6.42 Å². The van der Waals surface area contributed by atoms with Crippen LogP contribution in [0.2, 0.25) is 0 Å². The Hall–Kier alpha value is -1.62. The van der Waals surface area contributed by atoms with Gasteiger partial charge in [-0.2, -0.15) is 0 Å². The number of ether oxygens (including phenoxy) is 1. The molecule has 37 heavy (non-hydrogen) atoms. The summed E-state index contributed by atoms with van der Waals surface area (Å²) in [6, 6.07) is 0. The van der Waals surface area contributed by atoms with E-state index in [-0.39, 0.29) is 12.4 Å². The van der Waals surface area contributed by atoms with Gasteiger partial charge in [0.05, 0.1) is 27.6 Å². The van der Waals surface area contributed by atoms with Crippen LogP contribution in [-0.4, -0.2) is 55.3 Å². The topological polar surface area (TPSA) is 63.6 Å². The van der Waals surface area contributed by atoms with Gasteiger partial charge in [-0.05, 0) is 38.5 Å². The minimum atomic E-state index is -0.928. The second-order valence-corrected chi connectivity index (χ2v) is 11.6. The number of hydrogen-bond acceptors (Lipinski definition) is 3. The first-order valence-electron chi connectivity index (χ1n) is 15.3. The fourth-order valence-electron chi connectivity index (χ4n) is 4.51. The van der Waals surface area contributed by atoms with Crippen LogP contribution in [-0.2, 0) is 14.3 Å². The minimum Gasteiger partial charge on any atom is -0.481 e. The van der Waals surface area contributed by atoms with E-state index in [0.29, 0.717) is 17.4 Å². The molecule has 0 aliphatic carbocycles. The molecular formula is C32H60NO4+. The van der Waals surface area contributed by atoms with Crippen LogP contribution >= 0.6 is 0 Å². The number of allylic oxidation sites excluding steroid dienone is 4. The number of aliphatic carboxylic acids is 1. The quantitative estimate of drug-likeness (QED) is 0.0534. The van der Waals surface area contributed by atoms with Crippen LogP contribution in [0.5, 0.6) is 0 Å². The van der Waals surface area contributed by atoms with Crippen LogP contribution in [0.3, 0.4) is 0 Å². The molecule has 0 aromatic heterocycles. The van der Waals surface area contributed by atoms with Gasteiger partial charge >= 0.3 is 11.9 Å². The van der Waals surface area contributed by atoms with Crippen molar-refractivity contribution in [1.82, 2.24) is 0 Å². The van der Waals surface area contributed by atoms with Gasteiger partial charge in [0.25, 0.3) is 0 Å². The highest BCUT2D eigenvalue weighted by Gasteiger charge is 2.24. The normalized spacial score (nSPS) is 13.0. The Morgan fingerprint density at radius 2 is 1.16 bits per heavy atom. The summed E-state index contributed by atoms with van der Waals surface area (Å²) >= 11 is 0. The van der Waals surface area contributed by atoms with Crippen molar-refractivity contribution in [2.24, 2.45) is 0 Å². The second kappa shape index (κ2) is 24.7. The van der Waals surface area contributed by atoms with Crippen molar-refractivity contribution in [3.05, 3.63) is 24.3 Å². The third kappa shape index (κ3) is 28.8. The molecule has 0 fully saturated rings. The van der Waals surface area contributed by atoms with E-state index in [1.165, 1.54) is 89.9 Å². The smallest absolute Gasteiger partial charge is 0.307 e. The van der Waals surface area contributed by atoms with Crippen molar-refractivity contribution >= 4 is 11.9 Å². The van der Waals surface area contributed by atoms with Crippen LogP contribution in [0.1, 0.15) is 135 Å². The lowest BCUT2D eigenvalue weighted by Crippen LogP contribution is -2.43. The molecule has 0 aromatic carbocycles. The third-order valence-electron chi connectivity index (χ3n) is 6.53. The molecule has 0 rings (SSSR count). The molecule has 0 amide bonds. The number of esters is 1. The van der Waals surface area contributed by atoms with Crippen LogP contribution in [0.25, 0.3) is 0 Å². The lowest BCUT2D eigenvalue weighted by molar-refractivity contribution is -0.873. The Balaban J connectivity index is 3.54. The van der Waals surface area contributed by atoms with E-state index in [0.717, 1.165) is 25.7 Å². The van der Waals surface area contributed by atoms with Gasteiger partial charge in [0.1, 0.15) is 6.54 Å². The number of carboxylic acid groups (broad SMARTS) is 1. The van der Waals surface area contributed by atoms with Crippen LogP contribution in [0.4, 0.5) is 0 Å². The average Bonchev–Trinajstić information content (AvgIpc) is 2.80. The molecule has 5 heteroatoms. The average molecular weight is 523 g/mol. The van der Waals surface area contributed by atoms with E-state index in [1.807, 2.05) is 21.1 Å². The molecule has 1 N–H and O–H groups in total. The van der Waals surface area contributed by atoms with Crippen molar-refractivity contribution in [3.8, 4) is 0 Å². The first-order valence-corrected chi connectivity index (χ1v) is 15.3. The molecule has 0 saturated heterocycles. The Morgan fingerprint density at radius 1 is 0.703 bits per heavy atom. The number of quaternary nitrogens is 1. The van der Waals surface area contributed by atoms with Gasteiger partial charge in [0.2, 0.25) is 0 Å². The summed E-state index contributed by atoms with van der Waals surface area (Å²) in [6.45, 7) is 2.78. The van der Waals surface area contributed by atoms with Crippen molar-refractivity contribution in [1.29, 1.82) is 0 Å². The number of carbonyl (C=O) groups excluding carboxylic acids is 1. The summed E-state index contributed by atoms with van der Waals surface area (Å²) in [5, 5.41) is 9.05. The fraction of sp³-hybridized carbons (Fsp3) is 0.812. The maximum atomic E-state index is 12.1. The molecule has 0 radical (unpaired) electrons. The van der Waals surface area contributed by atoms with Crippen LogP contribution in [0, 0.1) is 0 Å². The van der Waals surface area contributed by atoms with Crippen molar-refractivity contribution in [3.63, 3.8) is 0 Å². The fourth-order valence-corrected chi connectivity index (χ4v) is 4.51. The number of carboxylic acids is 1. The summed E-state index contributed by atoms with van der Waals surface area (Å²) < 4.78 is 6.01. The van der Waals surface area contributed by atoms with Crippen LogP contribution < -0.4 is 0 Å². The number of nitrogens with zero attached hydrogens (tertiary/aromatic N) is 1. The molecule has 0 aromatic rings. The monoisotopic (exact) mass is 522 g/mol. The predicted molar refractivity (Wildman–Crippen MR) is 157 cm³/mol. The predicted octanol–water partition coefficient (Wildman–Crippen LogP) is 8.62. The van der Waals surface area contributed by atoms with Gasteiger partial charge in [-0.3, -0.25) is 9.59 Å². The van der Waals surface area contributed by atoms with Gasteiger partial charge in [-0.1, -0.05) is 108 Å². The van der Waals surface area contributed by atoms with Crippen molar-refractivity contribution in [2.75, 3.05) is 27.7 Å². The molecule has 216 valence electrons. The number of unbranched alkanes of at least 4 members (excludes halogenated alkanes) is 15. The van der Waals surface area contributed by atoms with E-state index in [4.69, 9.17) is 9.84 Å². The molecule has 1 atom stereocenters. The SMILES string of the molecule is CCCCCCCCCC/C=C/C/C=C/CCCCCCCCCC(=O)OC(CC(=O)O)C[N+](C)(C)C. The Bertz CT molecular complexity index is 606. The zero-order valence-electron chi connectivity index (χ0n) is 24.9. The lowest BCUT2D eigenvalue weighted by Gasteiger charge is -2.28. The van der Waals surface area contributed by atoms with Gasteiger partial charge in [-0.25, -0.2) is 0 Å². The summed E-state index contributed by atoms with van der Waals surface area (Å²) in [7, 11) is 5.91.